The summed E-state index contributed by atoms with van der Waals surface area (Å²) in [6.07, 6.45) is -0.238. The number of hydrogen-bond acceptors (Lipinski definition) is 4. The molecule has 3 rings (SSSR count). The molecule has 1 saturated heterocycles. The Bertz CT molecular complexity index is 826. The van der Waals surface area contributed by atoms with Crippen molar-refractivity contribution < 1.29 is 14.5 Å². The largest absolute Gasteiger partial charge is 0.370 e. The maximum Gasteiger partial charge on any atom is 0.322 e. The molecular weight excluding hydrogens is 358 g/mol. The Morgan fingerprint density at radius 3 is 2.73 bits per heavy atom. The molecule has 136 valence electrons. The molecule has 1 atom stereocenters. The van der Waals surface area contributed by atoms with E-state index in [9.17, 15) is 14.9 Å². The van der Waals surface area contributed by atoms with E-state index < -0.39 is 4.92 Å². The van der Waals surface area contributed by atoms with Crippen LogP contribution in [0.1, 0.15) is 17.2 Å². The van der Waals surface area contributed by atoms with Crippen LogP contribution in [0.15, 0.2) is 42.5 Å². The number of aryl methyl sites for hydroxylation is 1. The fraction of sp³-hybridized carbons (Fsp3) is 0.278. The number of benzene rings is 2. The van der Waals surface area contributed by atoms with Crippen LogP contribution in [0, 0.1) is 17.0 Å². The molecule has 0 aliphatic carbocycles. The zero-order chi connectivity index (χ0) is 18.7. The van der Waals surface area contributed by atoms with E-state index in [1.165, 1.54) is 12.1 Å². The van der Waals surface area contributed by atoms with Crippen LogP contribution >= 0.6 is 11.6 Å². The number of halogens is 1. The van der Waals surface area contributed by atoms with Crippen LogP contribution in [-0.4, -0.2) is 35.6 Å². The summed E-state index contributed by atoms with van der Waals surface area (Å²) < 4.78 is 5.75. The monoisotopic (exact) mass is 375 g/mol. The van der Waals surface area contributed by atoms with E-state index in [-0.39, 0.29) is 17.8 Å². The number of urea groups is 1. The van der Waals surface area contributed by atoms with Crippen LogP contribution in [-0.2, 0) is 4.74 Å². The van der Waals surface area contributed by atoms with Gasteiger partial charge in [-0.15, -0.1) is 0 Å². The van der Waals surface area contributed by atoms with Gasteiger partial charge in [-0.25, -0.2) is 4.79 Å². The minimum absolute atomic E-state index is 0.0630. The van der Waals surface area contributed by atoms with Gasteiger partial charge in [0.25, 0.3) is 5.69 Å². The Morgan fingerprint density at radius 2 is 2.04 bits per heavy atom. The first-order valence-electron chi connectivity index (χ1n) is 8.12. The summed E-state index contributed by atoms with van der Waals surface area (Å²) in [7, 11) is 0. The quantitative estimate of drug-likeness (QED) is 0.644. The van der Waals surface area contributed by atoms with Crippen LogP contribution < -0.4 is 5.32 Å². The molecular formula is C18H18ClN3O4. The molecule has 7 nitrogen and oxygen atoms in total. The number of morpholine rings is 1. The summed E-state index contributed by atoms with van der Waals surface area (Å²) in [5.74, 6) is 0. The smallest absolute Gasteiger partial charge is 0.322 e. The second kappa shape index (κ2) is 7.72. The highest BCUT2D eigenvalue weighted by Gasteiger charge is 2.26. The molecule has 2 aromatic carbocycles. The minimum Gasteiger partial charge on any atom is -0.370 e. The van der Waals surface area contributed by atoms with E-state index in [1.807, 2.05) is 12.1 Å². The molecule has 1 aliphatic rings. The number of amides is 2. The van der Waals surface area contributed by atoms with Crippen LogP contribution in [0.5, 0.6) is 0 Å². The predicted octanol–water partition coefficient (Wildman–Crippen LogP) is 4.16. The summed E-state index contributed by atoms with van der Waals surface area (Å²) in [5.41, 5.74) is 2.07. The van der Waals surface area contributed by atoms with Gasteiger partial charge in [0.1, 0.15) is 6.10 Å². The van der Waals surface area contributed by atoms with E-state index in [0.29, 0.717) is 30.4 Å². The van der Waals surface area contributed by atoms with Crippen LogP contribution in [0.4, 0.5) is 16.2 Å². The lowest BCUT2D eigenvalue weighted by molar-refractivity contribution is -0.384. The second-order valence-corrected chi connectivity index (χ2v) is 6.48. The number of ether oxygens (including phenoxy) is 1. The molecule has 1 aliphatic heterocycles. The molecule has 0 saturated carbocycles. The maximum absolute atomic E-state index is 12.6. The zero-order valence-electron chi connectivity index (χ0n) is 14.1. The Morgan fingerprint density at radius 1 is 1.31 bits per heavy atom. The highest BCUT2D eigenvalue weighted by atomic mass is 35.5. The highest BCUT2D eigenvalue weighted by Crippen LogP contribution is 2.26. The molecule has 1 fully saturated rings. The summed E-state index contributed by atoms with van der Waals surface area (Å²) in [6, 6.07) is 11.4. The zero-order valence-corrected chi connectivity index (χ0v) is 14.9. The molecule has 0 spiro atoms. The number of hydrogen-bond donors (Lipinski definition) is 1. The normalized spacial score (nSPS) is 17.0. The predicted molar refractivity (Wildman–Crippen MR) is 98.6 cm³/mol. The van der Waals surface area contributed by atoms with Gasteiger partial charge in [0.05, 0.1) is 23.8 Å². The molecule has 1 unspecified atom stereocenters. The lowest BCUT2D eigenvalue weighted by Gasteiger charge is -2.33. The van der Waals surface area contributed by atoms with Crippen molar-refractivity contribution in [2.75, 3.05) is 25.0 Å². The first kappa shape index (κ1) is 18.2. The third-order valence-corrected chi connectivity index (χ3v) is 4.52. The van der Waals surface area contributed by atoms with Gasteiger partial charge in [-0.3, -0.25) is 10.1 Å². The van der Waals surface area contributed by atoms with Gasteiger partial charge in [0, 0.05) is 23.7 Å². The Kier molecular flexibility index (Phi) is 5.39. The number of non-ortho nitro benzene ring substituents is 1. The van der Waals surface area contributed by atoms with Crippen molar-refractivity contribution in [3.05, 3.63) is 68.7 Å². The first-order valence-corrected chi connectivity index (χ1v) is 8.50. The molecule has 0 aromatic heterocycles. The van der Waals surface area contributed by atoms with E-state index in [0.717, 1.165) is 11.1 Å². The van der Waals surface area contributed by atoms with Gasteiger partial charge >= 0.3 is 6.03 Å². The van der Waals surface area contributed by atoms with Gasteiger partial charge in [-0.2, -0.15) is 0 Å². The molecule has 0 bridgehead atoms. The summed E-state index contributed by atoms with van der Waals surface area (Å²) >= 11 is 5.91. The third-order valence-electron chi connectivity index (χ3n) is 4.27. The Hall–Kier alpha value is -2.64. The Balaban J connectivity index is 1.71. The second-order valence-electron chi connectivity index (χ2n) is 6.04. The Labute approximate surface area is 155 Å². The van der Waals surface area contributed by atoms with Gasteiger partial charge in [-0.05, 0) is 30.2 Å². The molecule has 2 amide bonds. The van der Waals surface area contributed by atoms with Gasteiger partial charge in [-0.1, -0.05) is 29.8 Å². The van der Waals surface area contributed by atoms with Gasteiger partial charge < -0.3 is 15.0 Å². The van der Waals surface area contributed by atoms with Crippen molar-refractivity contribution in [1.82, 2.24) is 4.90 Å². The number of carbonyl (C=O) groups is 1. The van der Waals surface area contributed by atoms with Crippen molar-refractivity contribution in [2.24, 2.45) is 0 Å². The number of anilines is 1. The van der Waals surface area contributed by atoms with Crippen LogP contribution in [0.3, 0.4) is 0 Å². The summed E-state index contributed by atoms with van der Waals surface area (Å²) in [4.78, 5) is 24.7. The van der Waals surface area contributed by atoms with Crippen molar-refractivity contribution >= 4 is 29.0 Å². The summed E-state index contributed by atoms with van der Waals surface area (Å²) in [6.45, 7) is 3.04. The fourth-order valence-corrected chi connectivity index (χ4v) is 2.89. The molecule has 26 heavy (non-hydrogen) atoms. The number of nitrogens with one attached hydrogen (secondary N) is 1. The third kappa shape index (κ3) is 4.12. The number of nitro groups is 1. The number of nitrogens with zero attached hydrogens (tertiary/aromatic N) is 2. The number of carbonyl (C=O) groups excluding carboxylic acids is 1. The number of nitro benzene ring substituents is 1. The van der Waals surface area contributed by atoms with E-state index in [4.69, 9.17) is 16.3 Å². The molecule has 2 aromatic rings. The molecule has 1 N–H and O–H groups in total. The van der Waals surface area contributed by atoms with E-state index in [2.05, 4.69) is 5.32 Å². The lowest BCUT2D eigenvalue weighted by atomic mass is 10.1. The number of rotatable bonds is 3. The van der Waals surface area contributed by atoms with Crippen molar-refractivity contribution in [2.45, 2.75) is 13.0 Å². The fourth-order valence-electron chi connectivity index (χ4n) is 2.77. The SMILES string of the molecule is Cc1ccc([N+](=O)[O-])cc1NC(=O)N1CCOC(c2ccc(Cl)cc2)C1. The van der Waals surface area contributed by atoms with Crippen LogP contribution in [0.25, 0.3) is 0 Å². The minimum atomic E-state index is -0.486. The van der Waals surface area contributed by atoms with Gasteiger partial charge in [0.15, 0.2) is 0 Å². The van der Waals surface area contributed by atoms with Crippen molar-refractivity contribution in [1.29, 1.82) is 0 Å². The van der Waals surface area contributed by atoms with Crippen molar-refractivity contribution in [3.63, 3.8) is 0 Å². The lowest BCUT2D eigenvalue weighted by Crippen LogP contribution is -2.44. The van der Waals surface area contributed by atoms with E-state index >= 15 is 0 Å². The average molecular weight is 376 g/mol. The van der Waals surface area contributed by atoms with Crippen LogP contribution in [0.2, 0.25) is 5.02 Å². The van der Waals surface area contributed by atoms with E-state index in [1.54, 1.807) is 30.0 Å². The maximum atomic E-state index is 12.6. The molecule has 8 heteroatoms. The van der Waals surface area contributed by atoms with Crippen molar-refractivity contribution in [3.8, 4) is 0 Å². The standard InChI is InChI=1S/C18H18ClN3O4/c1-12-2-7-15(22(24)25)10-16(12)20-18(23)21-8-9-26-17(11-21)13-3-5-14(19)6-4-13/h2-7,10,17H,8-9,11H2,1H3,(H,20,23). The first-order chi connectivity index (χ1) is 12.4. The molecule has 0 radical (unpaired) electrons. The average Bonchev–Trinajstić information content (AvgIpc) is 2.64. The van der Waals surface area contributed by atoms with Gasteiger partial charge in [0.2, 0.25) is 0 Å². The topological polar surface area (TPSA) is 84.7 Å². The summed E-state index contributed by atoms with van der Waals surface area (Å²) in [5, 5.41) is 14.3. The molecule has 1 heterocycles. The highest BCUT2D eigenvalue weighted by molar-refractivity contribution is 6.30.